The summed E-state index contributed by atoms with van der Waals surface area (Å²) in [5.74, 6) is 4.79. The molecular weight excluding hydrogens is 213 g/mol. The van der Waals surface area contributed by atoms with Gasteiger partial charge >= 0.3 is 76.3 Å². The molecule has 0 saturated carbocycles. The van der Waals surface area contributed by atoms with Crippen LogP contribution in [-0.2, 0) is 6.42 Å². The van der Waals surface area contributed by atoms with Crippen LogP contribution in [0.1, 0.15) is 5.56 Å². The van der Waals surface area contributed by atoms with Crippen molar-refractivity contribution in [1.29, 1.82) is 0 Å². The van der Waals surface area contributed by atoms with Crippen LogP contribution in [0, 0.1) is 0 Å². The Morgan fingerprint density at radius 1 is 1.25 bits per heavy atom. The van der Waals surface area contributed by atoms with Gasteiger partial charge in [0.05, 0.1) is 0 Å². The zero-order valence-electron chi connectivity index (χ0n) is 7.63. The van der Waals surface area contributed by atoms with E-state index in [0.717, 1.165) is 0 Å². The third-order valence-electron chi connectivity index (χ3n) is 2.38. The Bertz CT molecular complexity index is 294. The number of benzene rings is 1. The fourth-order valence-electron chi connectivity index (χ4n) is 1.73. The maximum atomic E-state index is 3.67. The number of fused-ring (bicyclic) bond motifs is 1. The summed E-state index contributed by atoms with van der Waals surface area (Å²) in [6, 6.07) is 8.87. The zero-order chi connectivity index (χ0) is 8.60. The van der Waals surface area contributed by atoms with Crippen molar-refractivity contribution in [3.63, 3.8) is 0 Å². The van der Waals surface area contributed by atoms with Crippen molar-refractivity contribution in [2.24, 2.45) is 0 Å². The van der Waals surface area contributed by atoms with Gasteiger partial charge in [-0.2, -0.15) is 0 Å². The Hall–Kier alpha value is -0.301. The molecule has 0 saturated heterocycles. The molecule has 1 nitrogen and oxygen atoms in total. The minimum atomic E-state index is -1.44. The molecule has 0 radical (unpaired) electrons. The molecule has 1 N–H and O–H groups in total. The molecule has 0 amide bonds. The Labute approximate surface area is 76.6 Å². The van der Waals surface area contributed by atoms with Crippen LogP contribution in [0.5, 0.6) is 0 Å². The van der Waals surface area contributed by atoms with Crippen molar-refractivity contribution in [3.05, 3.63) is 29.8 Å². The quantitative estimate of drug-likeness (QED) is 0.659. The Balaban J connectivity index is 2.52. The molecule has 1 aliphatic rings. The van der Waals surface area contributed by atoms with E-state index in [2.05, 4.69) is 40.2 Å². The van der Waals surface area contributed by atoms with E-state index < -0.39 is 13.1 Å². The van der Waals surface area contributed by atoms with Crippen molar-refractivity contribution in [2.45, 2.75) is 18.1 Å². The predicted octanol–water partition coefficient (Wildman–Crippen LogP) is 1.24. The molecule has 2 heteroatoms. The van der Waals surface area contributed by atoms with E-state index in [0.29, 0.717) is 0 Å². The van der Waals surface area contributed by atoms with Crippen LogP contribution in [0.4, 0.5) is 0 Å². The van der Waals surface area contributed by atoms with Gasteiger partial charge in [0.2, 0.25) is 0 Å². The van der Waals surface area contributed by atoms with E-state index in [1.165, 1.54) is 13.0 Å². The first-order valence-corrected chi connectivity index (χ1v) is 9.40. The first-order chi connectivity index (χ1) is 5.70. The van der Waals surface area contributed by atoms with E-state index in [4.69, 9.17) is 0 Å². The van der Waals surface area contributed by atoms with E-state index in [9.17, 15) is 0 Å². The second-order valence-corrected chi connectivity index (χ2v) is 10.7. The Morgan fingerprint density at radius 3 is 2.75 bits per heavy atom. The molecule has 1 heterocycles. The van der Waals surface area contributed by atoms with E-state index >= 15 is 0 Å². The molecular formula is C10H15NSe. The molecule has 0 atom stereocenters. The fraction of sp³-hybridized carbons (Fsp3) is 0.400. The van der Waals surface area contributed by atoms with Crippen LogP contribution < -0.4 is 8.79 Å². The first kappa shape index (κ1) is 8.30. The van der Waals surface area contributed by atoms with Gasteiger partial charge in [0.15, 0.2) is 0 Å². The Morgan fingerprint density at radius 2 is 2.00 bits per heavy atom. The molecule has 1 aliphatic heterocycles. The van der Waals surface area contributed by atoms with Gasteiger partial charge in [-0.15, -0.1) is 0 Å². The molecule has 12 heavy (non-hydrogen) atoms. The Kier molecular flexibility index (Phi) is 1.99. The molecule has 0 unspecified atom stereocenters. The second-order valence-electron chi connectivity index (χ2n) is 3.58. The van der Waals surface area contributed by atoms with Crippen LogP contribution in [0.3, 0.4) is 0 Å². The predicted molar refractivity (Wildman–Crippen MR) is 55.3 cm³/mol. The van der Waals surface area contributed by atoms with E-state index in [1.54, 1.807) is 10.0 Å². The molecule has 1 aromatic carbocycles. The van der Waals surface area contributed by atoms with Crippen molar-refractivity contribution in [2.75, 3.05) is 6.54 Å². The van der Waals surface area contributed by atoms with Gasteiger partial charge in [-0.05, 0) is 0 Å². The third kappa shape index (κ3) is 1.31. The summed E-state index contributed by atoms with van der Waals surface area (Å²) in [6.45, 7) is 1.17. The van der Waals surface area contributed by atoms with E-state index in [-0.39, 0.29) is 0 Å². The first-order valence-electron chi connectivity index (χ1n) is 4.26. The minimum absolute atomic E-state index is 1.17. The van der Waals surface area contributed by atoms with Gasteiger partial charge in [0.25, 0.3) is 0 Å². The topological polar surface area (TPSA) is 12.0 Å². The van der Waals surface area contributed by atoms with Crippen LogP contribution in [0.2, 0.25) is 11.6 Å². The average molecular weight is 228 g/mol. The maximum absolute atomic E-state index is 3.67. The van der Waals surface area contributed by atoms with Gasteiger partial charge in [0.1, 0.15) is 0 Å². The molecule has 0 aliphatic carbocycles. The standard InChI is InChI=1S/C10H15NSe/c1-12(2)10-6-4-3-5-9(10)7-8-11-12/h3-6,11H,7-8H2,1-2H3. The van der Waals surface area contributed by atoms with Crippen molar-refractivity contribution >= 4 is 17.5 Å². The summed E-state index contributed by atoms with van der Waals surface area (Å²) in [5.41, 5.74) is 1.57. The van der Waals surface area contributed by atoms with Gasteiger partial charge in [-0.3, -0.25) is 0 Å². The summed E-state index contributed by atoms with van der Waals surface area (Å²) in [4.78, 5) is 0. The van der Waals surface area contributed by atoms with Crippen molar-refractivity contribution < 1.29 is 0 Å². The number of rotatable bonds is 0. The molecule has 0 spiro atoms. The molecule has 66 valence electrons. The van der Waals surface area contributed by atoms with E-state index in [1.807, 2.05) is 0 Å². The summed E-state index contributed by atoms with van der Waals surface area (Å²) < 4.78 is 5.28. The van der Waals surface area contributed by atoms with Crippen LogP contribution in [0.15, 0.2) is 24.3 Å². The SMILES string of the molecule is C[Se]1(C)NCCc2ccccc21. The molecule has 0 aromatic heterocycles. The summed E-state index contributed by atoms with van der Waals surface area (Å²) in [6.07, 6.45) is 1.21. The molecule has 0 bridgehead atoms. The third-order valence-corrected chi connectivity index (χ3v) is 7.46. The number of nitrogens with one attached hydrogen (secondary N) is 1. The summed E-state index contributed by atoms with van der Waals surface area (Å²) in [5, 5.41) is 0. The van der Waals surface area contributed by atoms with Crippen LogP contribution in [-0.4, -0.2) is 19.6 Å². The van der Waals surface area contributed by atoms with Gasteiger partial charge in [0, 0.05) is 0 Å². The summed E-state index contributed by atoms with van der Waals surface area (Å²) in [7, 11) is 0. The summed E-state index contributed by atoms with van der Waals surface area (Å²) >= 11 is -1.44. The normalized spacial score (nSPS) is 22.8. The number of hydrogen-bond acceptors (Lipinski definition) is 1. The molecule has 0 fully saturated rings. The van der Waals surface area contributed by atoms with Gasteiger partial charge in [-0.1, -0.05) is 0 Å². The molecule has 2 rings (SSSR count). The fourth-order valence-corrected chi connectivity index (χ4v) is 5.95. The monoisotopic (exact) mass is 229 g/mol. The number of hydrogen-bond donors (Lipinski definition) is 1. The van der Waals surface area contributed by atoms with Crippen molar-refractivity contribution in [1.82, 2.24) is 4.33 Å². The van der Waals surface area contributed by atoms with Gasteiger partial charge in [-0.25, -0.2) is 0 Å². The molecule has 1 aromatic rings. The van der Waals surface area contributed by atoms with Gasteiger partial charge < -0.3 is 0 Å². The van der Waals surface area contributed by atoms with Crippen LogP contribution >= 0.6 is 0 Å². The second kappa shape index (κ2) is 2.88. The average Bonchev–Trinajstić information content (AvgIpc) is 2.04. The zero-order valence-corrected chi connectivity index (χ0v) is 9.34. The van der Waals surface area contributed by atoms with Crippen molar-refractivity contribution in [3.8, 4) is 0 Å². The van der Waals surface area contributed by atoms with Crippen LogP contribution in [0.25, 0.3) is 0 Å².